The van der Waals surface area contributed by atoms with Crippen LogP contribution in [-0.4, -0.2) is 23.9 Å². The molecule has 1 unspecified atom stereocenters. The number of aliphatic carboxylic acids is 1. The highest BCUT2D eigenvalue weighted by Gasteiger charge is 2.34. The van der Waals surface area contributed by atoms with Crippen molar-refractivity contribution in [2.75, 3.05) is 6.61 Å². The zero-order chi connectivity index (χ0) is 21.9. The third-order valence-electron chi connectivity index (χ3n) is 4.92. The Kier molecular flexibility index (Phi) is 6.43. The van der Waals surface area contributed by atoms with Crippen LogP contribution in [0.1, 0.15) is 36.0 Å². The first-order valence-electron chi connectivity index (χ1n) is 9.29. The number of rotatable bonds is 7. The molecule has 2 aromatic carbocycles. The van der Waals surface area contributed by atoms with Crippen LogP contribution < -0.4 is 4.74 Å². The van der Waals surface area contributed by atoms with Gasteiger partial charge in [0.2, 0.25) is 0 Å². The fourth-order valence-corrected chi connectivity index (χ4v) is 3.49. The summed E-state index contributed by atoms with van der Waals surface area (Å²) in [4.78, 5) is 10.7. The molecule has 1 N–H and O–H groups in total. The highest BCUT2D eigenvalue weighted by molar-refractivity contribution is 5.71. The van der Waals surface area contributed by atoms with Gasteiger partial charge in [-0.3, -0.25) is 4.79 Å². The molecule has 8 heteroatoms. The van der Waals surface area contributed by atoms with Crippen LogP contribution in [0.3, 0.4) is 0 Å². The van der Waals surface area contributed by atoms with E-state index in [0.717, 1.165) is 6.07 Å². The van der Waals surface area contributed by atoms with Gasteiger partial charge in [-0.1, -0.05) is 18.2 Å². The van der Waals surface area contributed by atoms with Crippen LogP contribution in [0.15, 0.2) is 48.0 Å². The summed E-state index contributed by atoms with van der Waals surface area (Å²) in [6, 6.07) is 8.95. The first kappa shape index (κ1) is 21.8. The maximum absolute atomic E-state index is 14.0. The van der Waals surface area contributed by atoms with E-state index in [0.29, 0.717) is 16.7 Å². The molecule has 0 saturated carbocycles. The molecule has 0 aromatic heterocycles. The molecular formula is C22H19F5O3. The second-order valence-electron chi connectivity index (χ2n) is 7.09. The van der Waals surface area contributed by atoms with Crippen molar-refractivity contribution in [3.05, 3.63) is 70.5 Å². The summed E-state index contributed by atoms with van der Waals surface area (Å²) < 4.78 is 72.7. The molecule has 1 aliphatic rings. The molecule has 0 amide bonds. The molecule has 3 rings (SSSR count). The molecule has 0 saturated heterocycles. The van der Waals surface area contributed by atoms with Crippen LogP contribution in [0.2, 0.25) is 0 Å². The molecule has 160 valence electrons. The summed E-state index contributed by atoms with van der Waals surface area (Å²) in [5.74, 6) is -1.66. The molecule has 0 radical (unpaired) electrons. The molecule has 2 aromatic rings. The van der Waals surface area contributed by atoms with E-state index in [1.54, 1.807) is 0 Å². The van der Waals surface area contributed by atoms with Gasteiger partial charge in [0.15, 0.2) is 0 Å². The zero-order valence-corrected chi connectivity index (χ0v) is 15.8. The Balaban J connectivity index is 1.80. The van der Waals surface area contributed by atoms with Crippen LogP contribution in [-0.2, 0) is 17.4 Å². The molecule has 1 aliphatic carbocycles. The lowest BCUT2D eigenvalue weighted by molar-refractivity contribution is -0.140. The first-order chi connectivity index (χ1) is 14.1. The number of carboxylic acids is 1. The van der Waals surface area contributed by atoms with Gasteiger partial charge in [-0.25, -0.2) is 8.78 Å². The second-order valence-corrected chi connectivity index (χ2v) is 7.09. The maximum Gasteiger partial charge on any atom is 0.416 e. The molecular weight excluding hydrogens is 407 g/mol. The Bertz CT molecular complexity index is 948. The largest absolute Gasteiger partial charge is 0.489 e. The molecule has 0 spiro atoms. The van der Waals surface area contributed by atoms with Crippen LogP contribution in [0.25, 0.3) is 5.57 Å². The molecule has 3 nitrogen and oxygen atoms in total. The lowest BCUT2D eigenvalue weighted by Gasteiger charge is -2.15. The molecule has 30 heavy (non-hydrogen) atoms. The van der Waals surface area contributed by atoms with Crippen molar-refractivity contribution in [2.45, 2.75) is 38.0 Å². The number of hydrogen-bond acceptors (Lipinski definition) is 2. The fraction of sp³-hybridized carbons (Fsp3) is 0.318. The van der Waals surface area contributed by atoms with Gasteiger partial charge in [-0.05, 0) is 53.0 Å². The summed E-state index contributed by atoms with van der Waals surface area (Å²) >= 11 is 0. The van der Waals surface area contributed by atoms with E-state index in [1.165, 1.54) is 36.4 Å². The van der Waals surface area contributed by atoms with Gasteiger partial charge in [0.25, 0.3) is 0 Å². The van der Waals surface area contributed by atoms with E-state index >= 15 is 0 Å². The predicted molar refractivity (Wildman–Crippen MR) is 100 cm³/mol. The van der Waals surface area contributed by atoms with Crippen molar-refractivity contribution in [2.24, 2.45) is 0 Å². The topological polar surface area (TPSA) is 46.5 Å². The summed E-state index contributed by atoms with van der Waals surface area (Å²) in [6.07, 6.45) is -6.25. The van der Waals surface area contributed by atoms with Gasteiger partial charge in [0, 0.05) is 19.3 Å². The molecule has 1 atom stereocenters. The van der Waals surface area contributed by atoms with E-state index in [2.05, 4.69) is 0 Å². The van der Waals surface area contributed by atoms with Gasteiger partial charge in [0.1, 0.15) is 24.3 Å². The monoisotopic (exact) mass is 426 g/mol. The standard InChI is InChI=1S/C22H19F5O3/c23-16-5-1-13(2-6-16)19-10-17(24)9-15(19)12-30-18-7-3-14(4-8-21(28)29)20(11-18)22(25,26)27/h1-3,5-7,11,17H,4,8-10,12H2,(H,28,29). The maximum atomic E-state index is 14.0. The minimum absolute atomic E-state index is 0.0466. The number of halogens is 5. The van der Waals surface area contributed by atoms with Gasteiger partial charge in [0.05, 0.1) is 5.56 Å². The SMILES string of the molecule is O=C(O)CCc1ccc(OCC2=C(c3ccc(F)cc3)CC(F)C2)cc1C(F)(F)F. The average molecular weight is 426 g/mol. The van der Waals surface area contributed by atoms with Gasteiger partial charge in [-0.15, -0.1) is 0 Å². The quantitative estimate of drug-likeness (QED) is 0.567. The summed E-state index contributed by atoms with van der Waals surface area (Å²) in [6.45, 7) is -0.0983. The molecule has 0 bridgehead atoms. The van der Waals surface area contributed by atoms with Crippen molar-refractivity contribution >= 4 is 11.5 Å². The molecule has 0 aliphatic heterocycles. The molecule has 0 heterocycles. The van der Waals surface area contributed by atoms with E-state index in [-0.39, 0.29) is 37.2 Å². The Hall–Kier alpha value is -2.90. The third-order valence-corrected chi connectivity index (χ3v) is 4.92. The predicted octanol–water partition coefficient (Wildman–Crippen LogP) is 5.83. The Morgan fingerprint density at radius 2 is 1.80 bits per heavy atom. The van der Waals surface area contributed by atoms with Crippen LogP contribution in [0.5, 0.6) is 5.75 Å². The van der Waals surface area contributed by atoms with Crippen molar-refractivity contribution in [1.29, 1.82) is 0 Å². The van der Waals surface area contributed by atoms with Gasteiger partial charge in [-0.2, -0.15) is 13.2 Å². The lowest BCUT2D eigenvalue weighted by atomic mass is 10.0. The Labute approximate surface area is 169 Å². The number of allylic oxidation sites excluding steroid dienone is 1. The van der Waals surface area contributed by atoms with Crippen molar-refractivity contribution in [3.8, 4) is 5.75 Å². The molecule has 0 fully saturated rings. The van der Waals surface area contributed by atoms with E-state index in [4.69, 9.17) is 9.84 Å². The smallest absolute Gasteiger partial charge is 0.416 e. The zero-order valence-electron chi connectivity index (χ0n) is 15.8. The second kappa shape index (κ2) is 8.85. The number of alkyl halides is 4. The first-order valence-corrected chi connectivity index (χ1v) is 9.29. The normalized spacial score (nSPS) is 16.8. The fourth-order valence-electron chi connectivity index (χ4n) is 3.49. The number of carbonyl (C=O) groups is 1. The number of benzene rings is 2. The van der Waals surface area contributed by atoms with E-state index < -0.39 is 36.1 Å². The number of carboxylic acid groups (broad SMARTS) is 1. The third kappa shape index (κ3) is 5.37. The lowest BCUT2D eigenvalue weighted by Crippen LogP contribution is -2.11. The van der Waals surface area contributed by atoms with Crippen LogP contribution >= 0.6 is 0 Å². The van der Waals surface area contributed by atoms with Crippen molar-refractivity contribution in [1.82, 2.24) is 0 Å². The summed E-state index contributed by atoms with van der Waals surface area (Å²) in [5.41, 5.74) is 0.835. The Morgan fingerprint density at radius 1 is 1.10 bits per heavy atom. The van der Waals surface area contributed by atoms with Crippen LogP contribution in [0.4, 0.5) is 22.0 Å². The number of aryl methyl sites for hydroxylation is 1. The van der Waals surface area contributed by atoms with E-state index in [1.807, 2.05) is 0 Å². The average Bonchev–Trinajstić information content (AvgIpc) is 3.05. The highest BCUT2D eigenvalue weighted by atomic mass is 19.4. The minimum Gasteiger partial charge on any atom is -0.489 e. The van der Waals surface area contributed by atoms with Crippen molar-refractivity contribution in [3.63, 3.8) is 0 Å². The van der Waals surface area contributed by atoms with Crippen molar-refractivity contribution < 1.29 is 36.6 Å². The van der Waals surface area contributed by atoms with Gasteiger partial charge < -0.3 is 9.84 Å². The number of ether oxygens (including phenoxy) is 1. The van der Waals surface area contributed by atoms with Crippen LogP contribution in [0, 0.1) is 5.82 Å². The Morgan fingerprint density at radius 3 is 2.43 bits per heavy atom. The summed E-state index contributed by atoms with van der Waals surface area (Å²) in [5, 5.41) is 8.72. The highest BCUT2D eigenvalue weighted by Crippen LogP contribution is 2.38. The minimum atomic E-state index is -4.66. The number of hydrogen-bond donors (Lipinski definition) is 1. The summed E-state index contributed by atoms with van der Waals surface area (Å²) in [7, 11) is 0. The van der Waals surface area contributed by atoms with Gasteiger partial charge >= 0.3 is 12.1 Å². The van der Waals surface area contributed by atoms with E-state index in [9.17, 15) is 26.7 Å².